The third kappa shape index (κ3) is 2.62. The molecule has 0 N–H and O–H groups in total. The van der Waals surface area contributed by atoms with Crippen molar-refractivity contribution in [1.29, 1.82) is 5.26 Å². The van der Waals surface area contributed by atoms with Gasteiger partial charge in [0.25, 0.3) is 0 Å². The van der Waals surface area contributed by atoms with Crippen molar-refractivity contribution in [3.05, 3.63) is 66.0 Å². The Morgan fingerprint density at radius 1 is 1.15 bits per heavy atom. The summed E-state index contributed by atoms with van der Waals surface area (Å²) < 4.78 is 29.5. The highest BCUT2D eigenvalue weighted by Gasteiger charge is 2.16. The van der Waals surface area contributed by atoms with Crippen LogP contribution in [0.2, 0.25) is 0 Å². The van der Waals surface area contributed by atoms with Crippen molar-refractivity contribution in [3.8, 4) is 28.5 Å². The Morgan fingerprint density at radius 2 is 1.96 bits per heavy atom. The monoisotopic (exact) mass is 367 g/mol. The Morgan fingerprint density at radius 3 is 2.69 bits per heavy atom. The van der Waals surface area contributed by atoms with Crippen LogP contribution in [0.4, 0.5) is 8.28 Å². The highest BCUT2D eigenvalue weighted by Crippen LogP contribution is 2.33. The minimum absolute atomic E-state index is 0.0266. The lowest BCUT2D eigenvalue weighted by molar-refractivity contribution is 0.618. The van der Waals surface area contributed by atoms with E-state index < -0.39 is 0 Å². The molecule has 0 aliphatic carbocycles. The van der Waals surface area contributed by atoms with E-state index in [-0.39, 0.29) is 18.2 Å². The van der Waals surface area contributed by atoms with Gasteiger partial charge in [-0.25, -0.2) is 9.37 Å². The molecule has 0 unspecified atom stereocenters. The van der Waals surface area contributed by atoms with Gasteiger partial charge in [-0.05, 0) is 42.8 Å². The van der Waals surface area contributed by atoms with E-state index in [1.807, 2.05) is 6.07 Å². The maximum absolute atomic E-state index is 13.6. The van der Waals surface area contributed by atoms with E-state index in [0.717, 1.165) is 9.65 Å². The fourth-order valence-corrected chi connectivity index (χ4v) is 3.09. The predicted octanol–water partition coefficient (Wildman–Crippen LogP) is 4.56. The number of fused-ring (bicyclic) bond motifs is 1. The summed E-state index contributed by atoms with van der Waals surface area (Å²) in [4.78, 5) is 4.16. The van der Waals surface area contributed by atoms with Gasteiger partial charge < -0.3 is 0 Å². The van der Waals surface area contributed by atoms with Gasteiger partial charge in [0, 0.05) is 29.1 Å². The number of nitrogens with zero attached hydrogens (tertiary/aromatic N) is 5. The van der Waals surface area contributed by atoms with Crippen molar-refractivity contribution < 1.29 is 8.28 Å². The molecule has 128 valence electrons. The number of rotatable bonds is 3. The molecule has 0 atom stereocenters. The van der Waals surface area contributed by atoms with Crippen molar-refractivity contribution in [2.24, 2.45) is 0 Å². The lowest BCUT2D eigenvalue weighted by Gasteiger charge is -2.06. The van der Waals surface area contributed by atoms with Gasteiger partial charge in [0.05, 0.1) is 6.20 Å². The maximum atomic E-state index is 13.6. The fraction of sp³-hybridized carbons (Fsp3) is 0.0556. The second-order valence-electron chi connectivity index (χ2n) is 5.73. The van der Waals surface area contributed by atoms with Gasteiger partial charge in [0.2, 0.25) is 0 Å². The summed E-state index contributed by atoms with van der Waals surface area (Å²) in [6, 6.07) is 10.3. The Balaban J connectivity index is 1.92. The molecule has 1 aromatic carbocycles. The molecule has 4 rings (SSSR count). The van der Waals surface area contributed by atoms with Crippen LogP contribution in [-0.2, 0) is 0 Å². The molecule has 4 aromatic rings. The average molecular weight is 367 g/mol. The molecule has 3 heterocycles. The number of aryl methyl sites for hydroxylation is 1. The summed E-state index contributed by atoms with van der Waals surface area (Å²) in [7, 11) is 0. The van der Waals surface area contributed by atoms with Crippen LogP contribution in [-0.4, -0.2) is 18.6 Å². The standard InChI is InChI=1S/C18H11F2N5S/c1-11-6-12(2-4-16(11)19)18-15(10-25(23-18)26-20)13-3-5-17-22-8-14(7-21)24(17)9-13/h2-6,8-10H,1H3. The van der Waals surface area contributed by atoms with Gasteiger partial charge >= 0.3 is 0 Å². The largest absolute Gasteiger partial charge is 0.291 e. The molecular formula is C18H11F2N5S. The summed E-state index contributed by atoms with van der Waals surface area (Å²) >= 11 is -0.0266. The smallest absolute Gasteiger partial charge is 0.187 e. The zero-order chi connectivity index (χ0) is 18.3. The first-order chi connectivity index (χ1) is 12.6. The van der Waals surface area contributed by atoms with E-state index in [2.05, 4.69) is 16.2 Å². The van der Waals surface area contributed by atoms with E-state index in [4.69, 9.17) is 0 Å². The van der Waals surface area contributed by atoms with Gasteiger partial charge in [-0.2, -0.15) is 14.4 Å². The van der Waals surface area contributed by atoms with E-state index in [0.29, 0.717) is 33.7 Å². The van der Waals surface area contributed by atoms with Gasteiger partial charge in [-0.1, -0.05) is 0 Å². The fourth-order valence-electron chi connectivity index (χ4n) is 2.83. The lowest BCUT2D eigenvalue weighted by atomic mass is 10.0. The van der Waals surface area contributed by atoms with Crippen LogP contribution in [0.1, 0.15) is 11.3 Å². The maximum Gasteiger partial charge on any atom is 0.187 e. The predicted molar refractivity (Wildman–Crippen MR) is 95.4 cm³/mol. The zero-order valence-corrected chi connectivity index (χ0v) is 14.3. The first-order valence-electron chi connectivity index (χ1n) is 7.63. The Labute approximate surface area is 151 Å². The molecule has 3 aromatic heterocycles. The second kappa shape index (κ2) is 6.28. The van der Waals surface area contributed by atoms with Gasteiger partial charge in [-0.3, -0.25) is 4.40 Å². The summed E-state index contributed by atoms with van der Waals surface area (Å²) in [6.45, 7) is 1.66. The van der Waals surface area contributed by atoms with Crippen LogP contribution in [0.3, 0.4) is 0 Å². The van der Waals surface area contributed by atoms with Gasteiger partial charge in [0.1, 0.15) is 28.9 Å². The molecule has 0 saturated heterocycles. The summed E-state index contributed by atoms with van der Waals surface area (Å²) in [5.74, 6) is -0.312. The van der Waals surface area contributed by atoms with E-state index >= 15 is 0 Å². The molecule has 0 bridgehead atoms. The van der Waals surface area contributed by atoms with Crippen LogP contribution in [0.5, 0.6) is 0 Å². The molecule has 0 amide bonds. The number of imidazole rings is 1. The van der Waals surface area contributed by atoms with Crippen molar-refractivity contribution in [2.45, 2.75) is 6.92 Å². The molecule has 0 saturated carbocycles. The molecule has 26 heavy (non-hydrogen) atoms. The Kier molecular flexibility index (Phi) is 3.93. The average Bonchev–Trinajstić information content (AvgIpc) is 3.27. The van der Waals surface area contributed by atoms with E-state index in [9.17, 15) is 13.5 Å². The molecule has 0 fully saturated rings. The summed E-state index contributed by atoms with van der Waals surface area (Å²) in [5.41, 5.74) is 4.12. The minimum Gasteiger partial charge on any atom is -0.291 e. The molecule has 8 heteroatoms. The Bertz CT molecular complexity index is 1170. The van der Waals surface area contributed by atoms with Crippen LogP contribution in [0.25, 0.3) is 28.0 Å². The highest BCUT2D eigenvalue weighted by molar-refractivity contribution is 7.92. The van der Waals surface area contributed by atoms with Crippen molar-refractivity contribution in [1.82, 2.24) is 18.6 Å². The number of benzene rings is 1. The number of pyridine rings is 1. The van der Waals surface area contributed by atoms with Gasteiger partial charge in [-0.15, -0.1) is 3.89 Å². The van der Waals surface area contributed by atoms with Gasteiger partial charge in [0.15, 0.2) is 12.3 Å². The van der Waals surface area contributed by atoms with Crippen LogP contribution in [0, 0.1) is 24.1 Å². The number of halogens is 2. The minimum atomic E-state index is -0.312. The second-order valence-corrected chi connectivity index (χ2v) is 6.24. The van der Waals surface area contributed by atoms with Crippen molar-refractivity contribution >= 4 is 18.0 Å². The van der Waals surface area contributed by atoms with Crippen molar-refractivity contribution in [2.75, 3.05) is 0 Å². The topological polar surface area (TPSA) is 58.9 Å². The Hall–Kier alpha value is -3.18. The first-order valence-corrected chi connectivity index (χ1v) is 8.31. The summed E-state index contributed by atoms with van der Waals surface area (Å²) in [6.07, 6.45) is 4.80. The normalized spacial score (nSPS) is 11.0. The quantitative estimate of drug-likeness (QED) is 0.532. The van der Waals surface area contributed by atoms with E-state index in [1.165, 1.54) is 12.3 Å². The first kappa shape index (κ1) is 16.3. The molecule has 0 aliphatic rings. The van der Waals surface area contributed by atoms with E-state index in [1.54, 1.807) is 41.9 Å². The molecule has 0 aliphatic heterocycles. The van der Waals surface area contributed by atoms with Crippen molar-refractivity contribution in [3.63, 3.8) is 0 Å². The van der Waals surface area contributed by atoms with Crippen LogP contribution in [0.15, 0.2) is 48.9 Å². The number of aromatic nitrogens is 4. The lowest BCUT2D eigenvalue weighted by Crippen LogP contribution is -1.91. The molecular weight excluding hydrogens is 356 g/mol. The molecule has 5 nitrogen and oxygen atoms in total. The van der Waals surface area contributed by atoms with Crippen LogP contribution < -0.4 is 0 Å². The SMILES string of the molecule is Cc1cc(-c2nn(SF)cc2-c2ccc3ncc(C#N)n3c2)ccc1F. The number of nitriles is 1. The number of hydrogen-bond donors (Lipinski definition) is 0. The third-order valence-corrected chi connectivity index (χ3v) is 4.45. The van der Waals surface area contributed by atoms with Crippen LogP contribution >= 0.6 is 12.3 Å². The molecule has 0 radical (unpaired) electrons. The highest BCUT2D eigenvalue weighted by atomic mass is 32.2. The molecule has 0 spiro atoms. The third-order valence-electron chi connectivity index (χ3n) is 4.13. The number of hydrogen-bond acceptors (Lipinski definition) is 4. The zero-order valence-electron chi connectivity index (χ0n) is 13.5. The summed E-state index contributed by atoms with van der Waals surface area (Å²) in [5, 5.41) is 13.5.